The minimum absolute atomic E-state index is 0.247. The molecule has 0 heterocycles. The van der Waals surface area contributed by atoms with Gasteiger partial charge in [0.25, 0.3) is 0 Å². The number of rotatable bonds is 9. The lowest BCUT2D eigenvalue weighted by Crippen LogP contribution is -2.36. The topological polar surface area (TPSA) is 40.5 Å². The van der Waals surface area contributed by atoms with E-state index in [0.29, 0.717) is 18.5 Å². The maximum Gasteiger partial charge on any atom is 0.303 e. The molecule has 112 valence electrons. The second-order valence-electron chi connectivity index (χ2n) is 5.54. The van der Waals surface area contributed by atoms with Crippen LogP contribution >= 0.6 is 0 Å². The summed E-state index contributed by atoms with van der Waals surface area (Å²) >= 11 is 0. The monoisotopic (exact) mass is 277 g/mol. The van der Waals surface area contributed by atoms with Crippen LogP contribution in [0.15, 0.2) is 30.3 Å². The number of hydrogen-bond acceptors (Lipinski definition) is 2. The van der Waals surface area contributed by atoms with E-state index in [2.05, 4.69) is 49.9 Å². The quantitative estimate of drug-likeness (QED) is 0.738. The zero-order valence-corrected chi connectivity index (χ0v) is 12.9. The average Bonchev–Trinajstić information content (AvgIpc) is 2.42. The summed E-state index contributed by atoms with van der Waals surface area (Å²) in [5, 5.41) is 8.81. The van der Waals surface area contributed by atoms with Crippen molar-refractivity contribution in [1.82, 2.24) is 4.90 Å². The Kier molecular flexibility index (Phi) is 7.31. The third-order valence-corrected chi connectivity index (χ3v) is 3.62. The predicted octanol–water partition coefficient (Wildman–Crippen LogP) is 4.10. The van der Waals surface area contributed by atoms with Gasteiger partial charge in [0.1, 0.15) is 0 Å². The molecule has 1 aromatic rings. The summed E-state index contributed by atoms with van der Waals surface area (Å²) in [4.78, 5) is 13.1. The largest absolute Gasteiger partial charge is 0.481 e. The lowest BCUT2D eigenvalue weighted by atomic mass is 9.99. The highest BCUT2D eigenvalue weighted by molar-refractivity contribution is 5.66. The fourth-order valence-corrected chi connectivity index (χ4v) is 2.66. The van der Waals surface area contributed by atoms with Crippen LogP contribution < -0.4 is 0 Å². The summed E-state index contributed by atoms with van der Waals surface area (Å²) in [5.41, 5.74) is 1.33. The Morgan fingerprint density at radius 1 is 1.25 bits per heavy atom. The van der Waals surface area contributed by atoms with E-state index in [1.54, 1.807) is 0 Å². The fraction of sp³-hybridized carbons (Fsp3) is 0.588. The number of benzene rings is 1. The van der Waals surface area contributed by atoms with Crippen LogP contribution in [0.2, 0.25) is 0 Å². The van der Waals surface area contributed by atoms with Gasteiger partial charge in [0, 0.05) is 18.5 Å². The number of carboxylic acid groups (broad SMARTS) is 1. The Morgan fingerprint density at radius 3 is 2.40 bits per heavy atom. The Balaban J connectivity index is 2.80. The minimum Gasteiger partial charge on any atom is -0.481 e. The maximum absolute atomic E-state index is 10.7. The highest BCUT2D eigenvalue weighted by Crippen LogP contribution is 2.27. The van der Waals surface area contributed by atoms with E-state index in [1.165, 1.54) is 5.56 Å². The van der Waals surface area contributed by atoms with Crippen molar-refractivity contribution in [3.05, 3.63) is 35.9 Å². The van der Waals surface area contributed by atoms with Gasteiger partial charge in [-0.1, -0.05) is 43.7 Å². The molecular weight excluding hydrogens is 250 g/mol. The molecule has 0 aromatic heterocycles. The molecule has 0 aliphatic heterocycles. The van der Waals surface area contributed by atoms with Crippen molar-refractivity contribution in [3.63, 3.8) is 0 Å². The molecule has 0 radical (unpaired) electrons. The van der Waals surface area contributed by atoms with Crippen LogP contribution in [0.4, 0.5) is 0 Å². The van der Waals surface area contributed by atoms with Gasteiger partial charge in [-0.2, -0.15) is 0 Å². The first-order chi connectivity index (χ1) is 9.56. The zero-order valence-electron chi connectivity index (χ0n) is 12.9. The number of carbonyl (C=O) groups is 1. The third-order valence-electron chi connectivity index (χ3n) is 3.62. The van der Waals surface area contributed by atoms with Crippen LogP contribution in [0.25, 0.3) is 0 Å². The van der Waals surface area contributed by atoms with Crippen LogP contribution in [0.5, 0.6) is 0 Å². The summed E-state index contributed by atoms with van der Waals surface area (Å²) in [6.07, 6.45) is 3.19. The summed E-state index contributed by atoms with van der Waals surface area (Å²) < 4.78 is 0. The van der Waals surface area contributed by atoms with E-state index in [9.17, 15) is 4.79 Å². The first kappa shape index (κ1) is 16.7. The van der Waals surface area contributed by atoms with E-state index in [4.69, 9.17) is 5.11 Å². The molecule has 0 spiro atoms. The second-order valence-corrected chi connectivity index (χ2v) is 5.54. The van der Waals surface area contributed by atoms with Gasteiger partial charge in [0.15, 0.2) is 0 Å². The van der Waals surface area contributed by atoms with Gasteiger partial charge in [-0.3, -0.25) is 9.69 Å². The molecule has 20 heavy (non-hydrogen) atoms. The van der Waals surface area contributed by atoms with Crippen LogP contribution in [-0.2, 0) is 4.79 Å². The smallest absolute Gasteiger partial charge is 0.303 e. The van der Waals surface area contributed by atoms with E-state index >= 15 is 0 Å². The molecule has 1 aromatic carbocycles. The summed E-state index contributed by atoms with van der Waals surface area (Å²) in [6, 6.07) is 11.3. The summed E-state index contributed by atoms with van der Waals surface area (Å²) in [7, 11) is 0. The van der Waals surface area contributed by atoms with Gasteiger partial charge in [0.05, 0.1) is 0 Å². The normalized spacial score (nSPS) is 12.8. The average molecular weight is 277 g/mol. The lowest BCUT2D eigenvalue weighted by molar-refractivity contribution is -0.137. The maximum atomic E-state index is 10.7. The molecule has 0 aliphatic carbocycles. The van der Waals surface area contributed by atoms with Crippen molar-refractivity contribution in [2.24, 2.45) is 0 Å². The summed E-state index contributed by atoms with van der Waals surface area (Å²) in [6.45, 7) is 7.41. The molecule has 0 aliphatic rings. The zero-order chi connectivity index (χ0) is 15.0. The number of aliphatic carboxylic acids is 1. The van der Waals surface area contributed by atoms with Crippen molar-refractivity contribution >= 4 is 5.97 Å². The molecule has 1 rings (SSSR count). The molecule has 0 bridgehead atoms. The summed E-state index contributed by atoms with van der Waals surface area (Å²) in [5.74, 6) is -0.708. The van der Waals surface area contributed by atoms with Gasteiger partial charge >= 0.3 is 5.97 Å². The van der Waals surface area contributed by atoms with Gasteiger partial charge in [0.2, 0.25) is 0 Å². The van der Waals surface area contributed by atoms with E-state index in [-0.39, 0.29) is 6.42 Å². The van der Waals surface area contributed by atoms with Crippen molar-refractivity contribution < 1.29 is 9.90 Å². The molecule has 3 heteroatoms. The van der Waals surface area contributed by atoms with Crippen molar-refractivity contribution in [1.29, 1.82) is 0 Å². The Morgan fingerprint density at radius 2 is 1.90 bits per heavy atom. The van der Waals surface area contributed by atoms with Gasteiger partial charge in [-0.05, 0) is 38.8 Å². The van der Waals surface area contributed by atoms with Crippen LogP contribution in [0.3, 0.4) is 0 Å². The molecule has 0 amide bonds. The molecule has 0 saturated carbocycles. The molecular formula is C17H27NO2. The number of hydrogen-bond donors (Lipinski definition) is 1. The van der Waals surface area contributed by atoms with Crippen LogP contribution in [0, 0.1) is 0 Å². The van der Waals surface area contributed by atoms with E-state index in [1.807, 2.05) is 6.07 Å². The number of nitrogens with zero attached hydrogens (tertiary/aromatic N) is 1. The Bertz CT molecular complexity index is 389. The molecule has 0 saturated heterocycles. The Labute approximate surface area is 122 Å². The van der Waals surface area contributed by atoms with Gasteiger partial charge < -0.3 is 5.11 Å². The van der Waals surface area contributed by atoms with Crippen molar-refractivity contribution in [2.75, 3.05) is 6.54 Å². The van der Waals surface area contributed by atoms with Crippen LogP contribution in [-0.4, -0.2) is 28.6 Å². The SMILES string of the molecule is CCCC(c1ccccc1)N(CCCC(=O)O)C(C)C. The number of carboxylic acids is 1. The second kappa shape index (κ2) is 8.75. The van der Waals surface area contributed by atoms with Gasteiger partial charge in [-0.25, -0.2) is 0 Å². The predicted molar refractivity (Wildman–Crippen MR) is 82.8 cm³/mol. The Hall–Kier alpha value is -1.35. The van der Waals surface area contributed by atoms with Crippen molar-refractivity contribution in [3.8, 4) is 0 Å². The van der Waals surface area contributed by atoms with E-state index < -0.39 is 5.97 Å². The third kappa shape index (κ3) is 5.33. The minimum atomic E-state index is -0.708. The molecule has 1 N–H and O–H groups in total. The highest BCUT2D eigenvalue weighted by Gasteiger charge is 2.21. The molecule has 1 unspecified atom stereocenters. The van der Waals surface area contributed by atoms with E-state index in [0.717, 1.165) is 19.4 Å². The fourth-order valence-electron chi connectivity index (χ4n) is 2.66. The lowest BCUT2D eigenvalue weighted by Gasteiger charge is -2.35. The highest BCUT2D eigenvalue weighted by atomic mass is 16.4. The molecule has 0 fully saturated rings. The standard InChI is InChI=1S/C17H27NO2/c1-4-9-16(15-10-6-5-7-11-15)18(14(2)3)13-8-12-17(19)20/h5-7,10-11,14,16H,4,8-9,12-13H2,1-3H3,(H,19,20). The molecule has 3 nitrogen and oxygen atoms in total. The van der Waals surface area contributed by atoms with Gasteiger partial charge in [-0.15, -0.1) is 0 Å². The first-order valence-corrected chi connectivity index (χ1v) is 7.58. The van der Waals surface area contributed by atoms with Crippen molar-refractivity contribution in [2.45, 2.75) is 58.5 Å². The molecule has 1 atom stereocenters. The van der Waals surface area contributed by atoms with Crippen LogP contribution in [0.1, 0.15) is 58.1 Å². The first-order valence-electron chi connectivity index (χ1n) is 7.58.